The van der Waals surface area contributed by atoms with Crippen molar-refractivity contribution in [3.05, 3.63) is 0 Å². The summed E-state index contributed by atoms with van der Waals surface area (Å²) in [6, 6.07) is 0.567. The molecule has 134 valence electrons. The zero-order valence-electron chi connectivity index (χ0n) is 15.9. The largest absolute Gasteiger partial charge is 0.355 e. The van der Waals surface area contributed by atoms with E-state index in [1.807, 2.05) is 7.05 Å². The molecule has 2 heterocycles. The molecule has 23 heavy (non-hydrogen) atoms. The van der Waals surface area contributed by atoms with E-state index in [-0.39, 0.29) is 0 Å². The van der Waals surface area contributed by atoms with E-state index >= 15 is 0 Å². The van der Waals surface area contributed by atoms with Gasteiger partial charge in [0.1, 0.15) is 0 Å². The molecule has 2 aliphatic heterocycles. The molecule has 2 fully saturated rings. The van der Waals surface area contributed by atoms with Crippen LogP contribution in [0.2, 0.25) is 0 Å². The Bertz CT molecular complexity index is 393. The number of rotatable bonds is 4. The van der Waals surface area contributed by atoms with Crippen molar-refractivity contribution in [2.45, 2.75) is 45.6 Å². The first-order valence-electron chi connectivity index (χ1n) is 9.32. The van der Waals surface area contributed by atoms with Crippen LogP contribution in [-0.4, -0.2) is 87.1 Å². The van der Waals surface area contributed by atoms with Crippen LogP contribution in [0.3, 0.4) is 0 Å². The highest BCUT2D eigenvalue weighted by molar-refractivity contribution is 5.80. The third-order valence-electron chi connectivity index (χ3n) is 5.62. The molecule has 5 nitrogen and oxygen atoms in total. The third kappa shape index (κ3) is 5.08. The summed E-state index contributed by atoms with van der Waals surface area (Å²) in [5.41, 5.74) is 0.451. The maximum atomic E-state index is 4.57. The van der Waals surface area contributed by atoms with Gasteiger partial charge in [0.25, 0.3) is 0 Å². The fourth-order valence-corrected chi connectivity index (χ4v) is 4.17. The van der Waals surface area contributed by atoms with E-state index < -0.39 is 0 Å². The third-order valence-corrected chi connectivity index (χ3v) is 5.62. The van der Waals surface area contributed by atoms with E-state index in [1.54, 1.807) is 0 Å². The van der Waals surface area contributed by atoms with Crippen LogP contribution in [-0.2, 0) is 0 Å². The molecule has 2 saturated heterocycles. The summed E-state index contributed by atoms with van der Waals surface area (Å²) >= 11 is 0. The lowest BCUT2D eigenvalue weighted by Gasteiger charge is -2.43. The molecule has 2 aliphatic rings. The van der Waals surface area contributed by atoms with E-state index in [9.17, 15) is 0 Å². The lowest BCUT2D eigenvalue weighted by molar-refractivity contribution is 0.113. The summed E-state index contributed by atoms with van der Waals surface area (Å²) in [6.07, 6.45) is 5.22. The lowest BCUT2D eigenvalue weighted by atomic mass is 9.78. The quantitative estimate of drug-likeness (QED) is 0.631. The second-order valence-electron chi connectivity index (χ2n) is 7.91. The van der Waals surface area contributed by atoms with Gasteiger partial charge in [-0.2, -0.15) is 0 Å². The molecule has 0 aromatic carbocycles. The molecular weight excluding hydrogens is 286 g/mol. The Labute approximate surface area is 143 Å². The number of hydrogen-bond donors (Lipinski definition) is 1. The number of likely N-dealkylation sites (tertiary alicyclic amines) is 1. The Morgan fingerprint density at radius 3 is 2.74 bits per heavy atom. The van der Waals surface area contributed by atoms with Gasteiger partial charge in [-0.15, -0.1) is 0 Å². The molecule has 0 saturated carbocycles. The fourth-order valence-electron chi connectivity index (χ4n) is 4.17. The van der Waals surface area contributed by atoms with E-state index in [4.69, 9.17) is 0 Å². The van der Waals surface area contributed by atoms with Crippen molar-refractivity contribution >= 4 is 5.96 Å². The molecule has 0 amide bonds. The molecule has 0 bridgehead atoms. The number of hydrogen-bond acceptors (Lipinski definition) is 3. The van der Waals surface area contributed by atoms with Gasteiger partial charge >= 0.3 is 0 Å². The van der Waals surface area contributed by atoms with E-state index in [1.165, 1.54) is 32.2 Å². The molecule has 0 aromatic rings. The van der Waals surface area contributed by atoms with Crippen molar-refractivity contribution in [2.75, 3.05) is 60.4 Å². The van der Waals surface area contributed by atoms with Crippen molar-refractivity contribution in [3.63, 3.8) is 0 Å². The highest BCUT2D eigenvalue weighted by atomic mass is 15.3. The number of likely N-dealkylation sites (N-methyl/N-ethyl adjacent to an activating group) is 2. The van der Waals surface area contributed by atoms with Gasteiger partial charge in [0, 0.05) is 52.4 Å². The van der Waals surface area contributed by atoms with Crippen LogP contribution in [0.1, 0.15) is 39.5 Å². The van der Waals surface area contributed by atoms with Gasteiger partial charge in [-0.25, -0.2) is 0 Å². The van der Waals surface area contributed by atoms with Crippen molar-refractivity contribution in [1.82, 2.24) is 20.0 Å². The van der Waals surface area contributed by atoms with Gasteiger partial charge in [0.05, 0.1) is 0 Å². The number of aliphatic imine (C=N–C) groups is 1. The molecule has 0 aliphatic carbocycles. The second-order valence-corrected chi connectivity index (χ2v) is 7.91. The maximum Gasteiger partial charge on any atom is 0.193 e. The van der Waals surface area contributed by atoms with Gasteiger partial charge in [-0.05, 0) is 38.8 Å². The molecule has 1 N–H and O–H groups in total. The normalized spacial score (nSPS) is 31.4. The van der Waals surface area contributed by atoms with Crippen LogP contribution >= 0.6 is 0 Å². The standard InChI is InChI=1S/C18H37N5/c1-6-8-18(2)9-7-10-23(15-18)17(19-3)20-13-16-14-21(4)11-12-22(16)5/h16H,6-15H2,1-5H3,(H,19,20). The minimum absolute atomic E-state index is 0.451. The van der Waals surface area contributed by atoms with Crippen LogP contribution in [0.25, 0.3) is 0 Å². The Kier molecular flexibility index (Phi) is 6.72. The molecule has 2 unspecified atom stereocenters. The molecule has 0 aromatic heterocycles. The number of piperazine rings is 1. The van der Waals surface area contributed by atoms with Crippen LogP contribution < -0.4 is 5.32 Å². The smallest absolute Gasteiger partial charge is 0.193 e. The highest BCUT2D eigenvalue weighted by Gasteiger charge is 2.32. The second kappa shape index (κ2) is 8.34. The van der Waals surface area contributed by atoms with Crippen LogP contribution in [0.4, 0.5) is 0 Å². The van der Waals surface area contributed by atoms with Gasteiger partial charge in [0.2, 0.25) is 0 Å². The van der Waals surface area contributed by atoms with Crippen LogP contribution in [0.15, 0.2) is 4.99 Å². The maximum absolute atomic E-state index is 4.57. The first kappa shape index (κ1) is 18.5. The van der Waals surface area contributed by atoms with Crippen LogP contribution in [0.5, 0.6) is 0 Å². The SMILES string of the molecule is CCCC1(C)CCCN(C(=NC)NCC2CN(C)CCN2C)C1. The minimum Gasteiger partial charge on any atom is -0.355 e. The number of piperidine rings is 1. The zero-order valence-corrected chi connectivity index (χ0v) is 15.9. The Morgan fingerprint density at radius 1 is 1.26 bits per heavy atom. The van der Waals surface area contributed by atoms with Crippen molar-refractivity contribution < 1.29 is 0 Å². The molecule has 2 atom stereocenters. The van der Waals surface area contributed by atoms with Gasteiger partial charge in [-0.1, -0.05) is 20.3 Å². The molecule has 0 spiro atoms. The molecular formula is C18H37N5. The fraction of sp³-hybridized carbons (Fsp3) is 0.944. The lowest BCUT2D eigenvalue weighted by Crippen LogP contribution is -2.57. The van der Waals surface area contributed by atoms with Crippen molar-refractivity contribution in [2.24, 2.45) is 10.4 Å². The summed E-state index contributed by atoms with van der Waals surface area (Å²) in [4.78, 5) is 11.9. The molecule has 5 heteroatoms. The summed E-state index contributed by atoms with van der Waals surface area (Å²) in [5.74, 6) is 1.09. The Morgan fingerprint density at radius 2 is 2.04 bits per heavy atom. The van der Waals surface area contributed by atoms with Gasteiger partial charge < -0.3 is 15.1 Å². The number of nitrogens with zero attached hydrogens (tertiary/aromatic N) is 4. The highest BCUT2D eigenvalue weighted by Crippen LogP contribution is 2.33. The van der Waals surface area contributed by atoms with Crippen LogP contribution in [0, 0.1) is 5.41 Å². The van der Waals surface area contributed by atoms with E-state index in [2.05, 4.69) is 53.0 Å². The average molecular weight is 324 g/mol. The Balaban J connectivity index is 1.89. The average Bonchev–Trinajstić information content (AvgIpc) is 2.51. The first-order chi connectivity index (χ1) is 11.0. The zero-order chi connectivity index (χ0) is 16.9. The predicted molar refractivity (Wildman–Crippen MR) is 99.1 cm³/mol. The molecule has 0 radical (unpaired) electrons. The van der Waals surface area contributed by atoms with Gasteiger partial charge in [0.15, 0.2) is 5.96 Å². The van der Waals surface area contributed by atoms with E-state index in [0.29, 0.717) is 11.5 Å². The minimum atomic E-state index is 0.451. The predicted octanol–water partition coefficient (Wildman–Crippen LogP) is 1.71. The number of guanidine groups is 1. The van der Waals surface area contributed by atoms with Crippen molar-refractivity contribution in [1.29, 1.82) is 0 Å². The first-order valence-corrected chi connectivity index (χ1v) is 9.32. The van der Waals surface area contributed by atoms with E-state index in [0.717, 1.165) is 38.7 Å². The summed E-state index contributed by atoms with van der Waals surface area (Å²) in [5, 5.41) is 3.65. The summed E-state index contributed by atoms with van der Waals surface area (Å²) in [7, 11) is 6.38. The van der Waals surface area contributed by atoms with Crippen molar-refractivity contribution in [3.8, 4) is 0 Å². The summed E-state index contributed by atoms with van der Waals surface area (Å²) in [6.45, 7) is 11.5. The Hall–Kier alpha value is -0.810. The van der Waals surface area contributed by atoms with Gasteiger partial charge in [-0.3, -0.25) is 9.89 Å². The topological polar surface area (TPSA) is 34.1 Å². The summed E-state index contributed by atoms with van der Waals surface area (Å²) < 4.78 is 0. The number of nitrogens with one attached hydrogen (secondary N) is 1. The monoisotopic (exact) mass is 323 g/mol. The molecule has 2 rings (SSSR count).